The van der Waals surface area contributed by atoms with E-state index in [-0.39, 0.29) is 5.69 Å². The molecule has 0 saturated heterocycles. The second-order valence-corrected chi connectivity index (χ2v) is 6.35. The van der Waals surface area contributed by atoms with E-state index >= 15 is 0 Å². The van der Waals surface area contributed by atoms with Crippen molar-refractivity contribution in [3.05, 3.63) is 67.4 Å². The Morgan fingerprint density at radius 3 is 2.52 bits per heavy atom. The van der Waals surface area contributed by atoms with Crippen molar-refractivity contribution in [2.45, 2.75) is 6.18 Å². The van der Waals surface area contributed by atoms with E-state index in [1.165, 1.54) is 29.5 Å². The molecule has 0 atom stereocenters. The zero-order valence-corrected chi connectivity index (χ0v) is 14.1. The number of thiazole rings is 1. The van der Waals surface area contributed by atoms with Crippen molar-refractivity contribution in [1.82, 2.24) is 14.1 Å². The van der Waals surface area contributed by atoms with Crippen molar-refractivity contribution in [3.63, 3.8) is 0 Å². The molecule has 0 aliphatic rings. The standard InChI is InChI=1S/C15H9ClF3N3O2S/c1-21-11(15(17,18)19)7-12(23)22(14(21)24)8-2-3-10(16)9(6-8)13-20-4-5-25-13/h2-7H,1H3. The Kier molecular flexibility index (Phi) is 4.29. The van der Waals surface area contributed by atoms with Crippen molar-refractivity contribution < 1.29 is 13.2 Å². The summed E-state index contributed by atoms with van der Waals surface area (Å²) in [6.07, 6.45) is -3.25. The number of alkyl halides is 3. The van der Waals surface area contributed by atoms with Crippen LogP contribution in [0.3, 0.4) is 0 Å². The van der Waals surface area contributed by atoms with Crippen molar-refractivity contribution in [2.24, 2.45) is 7.05 Å². The van der Waals surface area contributed by atoms with Gasteiger partial charge in [0, 0.05) is 30.3 Å². The topological polar surface area (TPSA) is 56.9 Å². The van der Waals surface area contributed by atoms with Gasteiger partial charge in [0.1, 0.15) is 10.7 Å². The van der Waals surface area contributed by atoms with E-state index in [9.17, 15) is 22.8 Å². The maximum Gasteiger partial charge on any atom is 0.431 e. The summed E-state index contributed by atoms with van der Waals surface area (Å²) in [5.41, 5.74) is -2.92. The largest absolute Gasteiger partial charge is 0.431 e. The summed E-state index contributed by atoms with van der Waals surface area (Å²) in [6.45, 7) is 0. The van der Waals surface area contributed by atoms with Gasteiger partial charge in [0.15, 0.2) is 0 Å². The minimum absolute atomic E-state index is 0.105. The fourth-order valence-electron chi connectivity index (χ4n) is 2.31. The van der Waals surface area contributed by atoms with E-state index in [1.807, 2.05) is 0 Å². The van der Waals surface area contributed by atoms with E-state index in [4.69, 9.17) is 11.6 Å². The van der Waals surface area contributed by atoms with E-state index in [1.54, 1.807) is 11.6 Å². The lowest BCUT2D eigenvalue weighted by Crippen LogP contribution is -2.40. The molecule has 0 bridgehead atoms. The van der Waals surface area contributed by atoms with Crippen LogP contribution in [0.5, 0.6) is 0 Å². The summed E-state index contributed by atoms with van der Waals surface area (Å²) in [5.74, 6) is 0. The first kappa shape index (κ1) is 17.4. The molecule has 2 heterocycles. The maximum atomic E-state index is 12.9. The van der Waals surface area contributed by atoms with Crippen LogP contribution >= 0.6 is 22.9 Å². The highest BCUT2D eigenvalue weighted by molar-refractivity contribution is 7.13. The molecule has 0 unspecified atom stereocenters. The predicted octanol–water partition coefficient (Wildman–Crippen LogP) is 3.33. The number of aromatic nitrogens is 3. The van der Waals surface area contributed by atoms with Crippen LogP contribution in [0.2, 0.25) is 5.02 Å². The number of hydrogen-bond acceptors (Lipinski definition) is 4. The smallest absolute Gasteiger partial charge is 0.292 e. The van der Waals surface area contributed by atoms with Crippen LogP contribution in [0, 0.1) is 0 Å². The Bertz CT molecular complexity index is 1060. The molecule has 130 valence electrons. The SMILES string of the molecule is Cn1c(C(F)(F)F)cc(=O)n(-c2ccc(Cl)c(-c3nccs3)c2)c1=O. The third-order valence-electron chi connectivity index (χ3n) is 3.48. The van der Waals surface area contributed by atoms with Gasteiger partial charge >= 0.3 is 11.9 Å². The van der Waals surface area contributed by atoms with Gasteiger partial charge in [-0.3, -0.25) is 9.36 Å². The third kappa shape index (κ3) is 3.12. The Hall–Kier alpha value is -2.39. The van der Waals surface area contributed by atoms with Crippen LogP contribution in [-0.2, 0) is 13.2 Å². The van der Waals surface area contributed by atoms with Gasteiger partial charge in [-0.1, -0.05) is 11.6 Å². The number of nitrogens with zero attached hydrogens (tertiary/aromatic N) is 3. The maximum absolute atomic E-state index is 12.9. The first-order valence-electron chi connectivity index (χ1n) is 6.80. The molecule has 0 N–H and O–H groups in total. The fourth-order valence-corrected chi connectivity index (χ4v) is 3.24. The molecule has 10 heteroatoms. The fraction of sp³-hybridized carbons (Fsp3) is 0.133. The monoisotopic (exact) mass is 387 g/mol. The normalized spacial score (nSPS) is 11.7. The van der Waals surface area contributed by atoms with Gasteiger partial charge in [-0.15, -0.1) is 11.3 Å². The molecule has 0 amide bonds. The zero-order chi connectivity index (χ0) is 18.4. The van der Waals surface area contributed by atoms with Gasteiger partial charge in [0.25, 0.3) is 5.56 Å². The summed E-state index contributed by atoms with van der Waals surface area (Å²) < 4.78 is 39.8. The first-order valence-corrected chi connectivity index (χ1v) is 8.06. The summed E-state index contributed by atoms with van der Waals surface area (Å²) in [4.78, 5) is 28.6. The molecule has 0 radical (unpaired) electrons. The van der Waals surface area contributed by atoms with Crippen molar-refractivity contribution >= 4 is 22.9 Å². The van der Waals surface area contributed by atoms with E-state index in [0.29, 0.717) is 30.8 Å². The summed E-state index contributed by atoms with van der Waals surface area (Å²) in [6, 6.07) is 4.67. The zero-order valence-electron chi connectivity index (χ0n) is 12.5. The van der Waals surface area contributed by atoms with E-state index in [0.717, 1.165) is 7.05 Å². The molecule has 0 saturated carbocycles. The first-order chi connectivity index (χ1) is 11.7. The lowest BCUT2D eigenvalue weighted by molar-refractivity contribution is -0.144. The average Bonchev–Trinajstić information content (AvgIpc) is 3.05. The molecular formula is C15H9ClF3N3O2S. The van der Waals surface area contributed by atoms with E-state index in [2.05, 4.69) is 4.98 Å². The van der Waals surface area contributed by atoms with Gasteiger partial charge in [0.2, 0.25) is 0 Å². The Morgan fingerprint density at radius 2 is 1.92 bits per heavy atom. The number of halogens is 4. The predicted molar refractivity (Wildman–Crippen MR) is 88.4 cm³/mol. The average molecular weight is 388 g/mol. The van der Waals surface area contributed by atoms with Gasteiger partial charge in [0.05, 0.1) is 10.7 Å². The molecule has 0 aliphatic heterocycles. The van der Waals surface area contributed by atoms with Crippen LogP contribution in [0.4, 0.5) is 13.2 Å². The minimum atomic E-state index is -4.81. The molecule has 1 aromatic carbocycles. The molecule has 5 nitrogen and oxygen atoms in total. The molecule has 25 heavy (non-hydrogen) atoms. The van der Waals surface area contributed by atoms with Crippen LogP contribution in [-0.4, -0.2) is 14.1 Å². The highest BCUT2D eigenvalue weighted by Gasteiger charge is 2.35. The Balaban J connectivity index is 2.25. The molecule has 0 fully saturated rings. The van der Waals surface area contributed by atoms with Crippen LogP contribution < -0.4 is 11.2 Å². The minimum Gasteiger partial charge on any atom is -0.292 e. The van der Waals surface area contributed by atoms with Crippen molar-refractivity contribution in [2.75, 3.05) is 0 Å². The quantitative estimate of drug-likeness (QED) is 0.677. The molecule has 3 aromatic rings. The van der Waals surface area contributed by atoms with Crippen LogP contribution in [0.1, 0.15) is 5.69 Å². The van der Waals surface area contributed by atoms with Gasteiger partial charge < -0.3 is 0 Å². The molecule has 2 aromatic heterocycles. The third-order valence-corrected chi connectivity index (χ3v) is 4.62. The highest BCUT2D eigenvalue weighted by atomic mass is 35.5. The molecular weight excluding hydrogens is 379 g/mol. The van der Waals surface area contributed by atoms with E-state index < -0.39 is 23.1 Å². The van der Waals surface area contributed by atoms with Crippen molar-refractivity contribution in [3.8, 4) is 16.3 Å². The highest BCUT2D eigenvalue weighted by Crippen LogP contribution is 2.31. The number of rotatable bonds is 2. The number of benzene rings is 1. The van der Waals surface area contributed by atoms with Gasteiger partial charge in [-0.25, -0.2) is 14.3 Å². The Labute approximate surface area is 147 Å². The number of hydrogen-bond donors (Lipinski definition) is 0. The molecule has 0 aliphatic carbocycles. The van der Waals surface area contributed by atoms with Crippen LogP contribution in [0.25, 0.3) is 16.3 Å². The lowest BCUT2D eigenvalue weighted by Gasteiger charge is -2.14. The second kappa shape index (κ2) is 6.16. The molecule has 0 spiro atoms. The second-order valence-electron chi connectivity index (χ2n) is 5.04. The van der Waals surface area contributed by atoms with Gasteiger partial charge in [-0.2, -0.15) is 13.2 Å². The molecule has 3 rings (SSSR count). The lowest BCUT2D eigenvalue weighted by atomic mass is 10.2. The summed E-state index contributed by atoms with van der Waals surface area (Å²) in [7, 11) is 0.957. The van der Waals surface area contributed by atoms with Gasteiger partial charge in [-0.05, 0) is 18.2 Å². The Morgan fingerprint density at radius 1 is 1.20 bits per heavy atom. The van der Waals surface area contributed by atoms with Crippen molar-refractivity contribution in [1.29, 1.82) is 0 Å². The van der Waals surface area contributed by atoms with Crippen LogP contribution in [0.15, 0.2) is 45.4 Å². The summed E-state index contributed by atoms with van der Waals surface area (Å²) >= 11 is 7.41. The summed E-state index contributed by atoms with van der Waals surface area (Å²) in [5, 5.41) is 2.63.